The molecule has 1 saturated heterocycles. The Hall–Kier alpha value is -3.32. The van der Waals surface area contributed by atoms with Crippen molar-refractivity contribution < 1.29 is 9.90 Å². The number of aromatic nitrogens is 3. The Balaban J connectivity index is 1.49. The topological polar surface area (TPSA) is 88.3 Å². The van der Waals surface area contributed by atoms with Gasteiger partial charge in [0.15, 0.2) is 0 Å². The SMILES string of the molecule is Cc1ccn(CCc2ccccc2)c(=O)c1C(=O)N1C[C@@H](Cc2cnccn2)[C@H](O)C1. The molecule has 0 saturated carbocycles. The lowest BCUT2D eigenvalue weighted by Gasteiger charge is -2.18. The average Bonchev–Trinajstić information content (AvgIpc) is 3.15. The van der Waals surface area contributed by atoms with Crippen LogP contribution in [0.2, 0.25) is 0 Å². The van der Waals surface area contributed by atoms with Crippen molar-refractivity contribution >= 4 is 5.91 Å². The third-order valence-corrected chi connectivity index (χ3v) is 5.85. The number of benzene rings is 1. The number of hydrogen-bond donors (Lipinski definition) is 1. The number of aliphatic hydroxyl groups excluding tert-OH is 1. The van der Waals surface area contributed by atoms with E-state index in [9.17, 15) is 14.7 Å². The summed E-state index contributed by atoms with van der Waals surface area (Å²) in [5, 5.41) is 10.5. The number of aryl methyl sites for hydroxylation is 3. The Morgan fingerprint density at radius 2 is 1.97 bits per heavy atom. The number of nitrogens with zero attached hydrogens (tertiary/aromatic N) is 4. The molecule has 1 N–H and O–H groups in total. The van der Waals surface area contributed by atoms with Gasteiger partial charge < -0.3 is 14.6 Å². The summed E-state index contributed by atoms with van der Waals surface area (Å²) >= 11 is 0. The lowest BCUT2D eigenvalue weighted by molar-refractivity contribution is 0.0761. The minimum absolute atomic E-state index is 0.134. The van der Waals surface area contributed by atoms with E-state index in [1.807, 2.05) is 36.4 Å². The van der Waals surface area contributed by atoms with Crippen molar-refractivity contribution in [2.75, 3.05) is 13.1 Å². The molecule has 0 bridgehead atoms. The summed E-state index contributed by atoms with van der Waals surface area (Å²) in [6.45, 7) is 2.87. The molecule has 1 aromatic carbocycles. The Morgan fingerprint density at radius 3 is 2.71 bits per heavy atom. The predicted molar refractivity (Wildman–Crippen MR) is 117 cm³/mol. The summed E-state index contributed by atoms with van der Waals surface area (Å²) in [4.78, 5) is 36.2. The standard InChI is InChI=1S/C24H26N4O3/c1-17-7-11-27(12-8-18-5-3-2-4-6-18)23(30)22(17)24(31)28-15-19(21(29)16-28)13-20-14-25-9-10-26-20/h2-7,9-11,14,19,21,29H,8,12-13,15-16H2,1H3/t19-,21-/m1/s1. The van der Waals surface area contributed by atoms with Gasteiger partial charge in [0.1, 0.15) is 5.56 Å². The van der Waals surface area contributed by atoms with Crippen LogP contribution in [0.3, 0.4) is 0 Å². The fourth-order valence-electron chi connectivity index (χ4n) is 4.08. The molecule has 3 heterocycles. The summed E-state index contributed by atoms with van der Waals surface area (Å²) in [7, 11) is 0. The lowest BCUT2D eigenvalue weighted by atomic mass is 10.0. The van der Waals surface area contributed by atoms with Crippen molar-refractivity contribution in [1.29, 1.82) is 0 Å². The molecule has 7 heteroatoms. The molecule has 0 unspecified atom stereocenters. The van der Waals surface area contributed by atoms with Crippen molar-refractivity contribution in [3.63, 3.8) is 0 Å². The summed E-state index contributed by atoms with van der Waals surface area (Å²) in [6, 6.07) is 11.8. The Labute approximate surface area is 181 Å². The molecule has 2 aromatic heterocycles. The molecule has 0 radical (unpaired) electrons. The van der Waals surface area contributed by atoms with Gasteiger partial charge in [-0.3, -0.25) is 19.6 Å². The van der Waals surface area contributed by atoms with Crippen molar-refractivity contribution in [2.45, 2.75) is 32.4 Å². The Morgan fingerprint density at radius 1 is 1.16 bits per heavy atom. The van der Waals surface area contributed by atoms with E-state index in [0.29, 0.717) is 31.5 Å². The molecule has 160 valence electrons. The number of rotatable bonds is 6. The lowest BCUT2D eigenvalue weighted by Crippen LogP contribution is -2.37. The van der Waals surface area contributed by atoms with Gasteiger partial charge in [0, 0.05) is 50.3 Å². The predicted octanol–water partition coefficient (Wildman–Crippen LogP) is 1.87. The first-order valence-corrected chi connectivity index (χ1v) is 10.5. The zero-order valence-corrected chi connectivity index (χ0v) is 17.5. The molecule has 7 nitrogen and oxygen atoms in total. The molecule has 1 amide bonds. The van der Waals surface area contributed by atoms with Gasteiger partial charge in [-0.25, -0.2) is 0 Å². The minimum atomic E-state index is -0.657. The second kappa shape index (κ2) is 9.22. The molecule has 1 aliphatic rings. The maximum atomic E-state index is 13.2. The molecule has 3 aromatic rings. The van der Waals surface area contributed by atoms with Gasteiger partial charge in [-0.2, -0.15) is 0 Å². The van der Waals surface area contributed by atoms with E-state index in [-0.39, 0.29) is 29.5 Å². The van der Waals surface area contributed by atoms with Gasteiger partial charge in [0.05, 0.1) is 11.8 Å². The number of carbonyl (C=O) groups excluding carboxylic acids is 1. The summed E-state index contributed by atoms with van der Waals surface area (Å²) in [6.07, 6.45) is 7.22. The zero-order valence-electron chi connectivity index (χ0n) is 17.5. The average molecular weight is 418 g/mol. The number of carbonyl (C=O) groups is 1. The second-order valence-electron chi connectivity index (χ2n) is 8.05. The third kappa shape index (κ3) is 4.72. The molecular weight excluding hydrogens is 392 g/mol. The van der Waals surface area contributed by atoms with Gasteiger partial charge >= 0.3 is 0 Å². The maximum Gasteiger partial charge on any atom is 0.263 e. The first kappa shape index (κ1) is 20.9. The van der Waals surface area contributed by atoms with Crippen LogP contribution < -0.4 is 5.56 Å². The number of β-amino-alcohol motifs (C(OH)–C–C–N with tert-alkyl or cyclic N) is 1. The van der Waals surface area contributed by atoms with Crippen molar-refractivity contribution in [1.82, 2.24) is 19.4 Å². The number of likely N-dealkylation sites (tertiary alicyclic amines) is 1. The molecule has 0 aliphatic carbocycles. The van der Waals surface area contributed by atoms with Gasteiger partial charge in [-0.05, 0) is 37.0 Å². The van der Waals surface area contributed by atoms with Crippen LogP contribution in [0.1, 0.15) is 27.2 Å². The fourth-order valence-corrected chi connectivity index (χ4v) is 4.08. The highest BCUT2D eigenvalue weighted by Crippen LogP contribution is 2.22. The maximum absolute atomic E-state index is 13.2. The van der Waals surface area contributed by atoms with Gasteiger partial charge in [-0.1, -0.05) is 30.3 Å². The smallest absolute Gasteiger partial charge is 0.263 e. The van der Waals surface area contributed by atoms with Crippen LogP contribution in [-0.2, 0) is 19.4 Å². The molecule has 4 rings (SSSR count). The second-order valence-corrected chi connectivity index (χ2v) is 8.05. The van der Waals surface area contributed by atoms with Gasteiger partial charge in [0.25, 0.3) is 11.5 Å². The van der Waals surface area contributed by atoms with Crippen LogP contribution >= 0.6 is 0 Å². The number of pyridine rings is 1. The van der Waals surface area contributed by atoms with E-state index in [4.69, 9.17) is 0 Å². The Kier molecular flexibility index (Phi) is 6.23. The number of amides is 1. The van der Waals surface area contributed by atoms with Crippen molar-refractivity contribution in [3.05, 3.63) is 93.9 Å². The van der Waals surface area contributed by atoms with Gasteiger partial charge in [0.2, 0.25) is 0 Å². The summed E-state index contributed by atoms with van der Waals surface area (Å²) in [5.74, 6) is -0.456. The summed E-state index contributed by atoms with van der Waals surface area (Å²) in [5.41, 5.74) is 2.46. The Bertz CT molecular complexity index is 1100. The van der Waals surface area contributed by atoms with E-state index in [1.54, 1.807) is 41.2 Å². The first-order chi connectivity index (χ1) is 15.0. The van der Waals surface area contributed by atoms with Crippen molar-refractivity contribution in [3.8, 4) is 0 Å². The van der Waals surface area contributed by atoms with Crippen LogP contribution in [0.4, 0.5) is 0 Å². The fraction of sp³-hybridized carbons (Fsp3) is 0.333. The molecule has 2 atom stereocenters. The minimum Gasteiger partial charge on any atom is -0.391 e. The third-order valence-electron chi connectivity index (χ3n) is 5.85. The molecular formula is C24H26N4O3. The highest BCUT2D eigenvalue weighted by Gasteiger charge is 2.36. The van der Waals surface area contributed by atoms with Crippen LogP contribution in [0.25, 0.3) is 0 Å². The first-order valence-electron chi connectivity index (χ1n) is 10.5. The largest absolute Gasteiger partial charge is 0.391 e. The van der Waals surface area contributed by atoms with E-state index in [2.05, 4.69) is 9.97 Å². The highest BCUT2D eigenvalue weighted by molar-refractivity contribution is 5.95. The summed E-state index contributed by atoms with van der Waals surface area (Å²) < 4.78 is 1.59. The van der Waals surface area contributed by atoms with Gasteiger partial charge in [-0.15, -0.1) is 0 Å². The van der Waals surface area contributed by atoms with Crippen LogP contribution in [-0.4, -0.2) is 49.6 Å². The number of hydrogen-bond acceptors (Lipinski definition) is 5. The quantitative estimate of drug-likeness (QED) is 0.660. The normalized spacial score (nSPS) is 18.3. The highest BCUT2D eigenvalue weighted by atomic mass is 16.3. The van der Waals surface area contributed by atoms with Crippen LogP contribution in [0.15, 0.2) is 66.0 Å². The molecule has 0 spiro atoms. The van der Waals surface area contributed by atoms with E-state index in [0.717, 1.165) is 11.3 Å². The van der Waals surface area contributed by atoms with E-state index in [1.165, 1.54) is 0 Å². The van der Waals surface area contributed by atoms with Crippen LogP contribution in [0, 0.1) is 12.8 Å². The monoisotopic (exact) mass is 418 g/mol. The zero-order chi connectivity index (χ0) is 21.8. The van der Waals surface area contributed by atoms with E-state index >= 15 is 0 Å². The molecule has 1 fully saturated rings. The molecule has 31 heavy (non-hydrogen) atoms. The van der Waals surface area contributed by atoms with Crippen molar-refractivity contribution in [2.24, 2.45) is 5.92 Å². The molecule has 1 aliphatic heterocycles. The number of aliphatic hydroxyl groups is 1. The van der Waals surface area contributed by atoms with Crippen LogP contribution in [0.5, 0.6) is 0 Å². The van der Waals surface area contributed by atoms with E-state index < -0.39 is 6.10 Å².